The SMILES string of the molecule is CN(c1ccc(-c2ccc(-c3nncs3)cc2O)nn1)[C@@H]1CC2CCC(N2)[C@@H]1F. The average Bonchev–Trinajstić information content (AvgIpc) is 3.41. The molecular formula is C20H21FN6OS. The minimum atomic E-state index is -0.919. The molecule has 2 aliphatic rings. The molecule has 2 fully saturated rings. The molecule has 4 atom stereocenters. The van der Waals surface area contributed by atoms with E-state index in [0.717, 1.165) is 29.8 Å². The van der Waals surface area contributed by atoms with E-state index < -0.39 is 6.17 Å². The molecule has 2 bridgehead atoms. The van der Waals surface area contributed by atoms with Gasteiger partial charge in [-0.3, -0.25) is 0 Å². The molecule has 0 saturated carbocycles. The Kier molecular flexibility index (Phi) is 4.63. The van der Waals surface area contributed by atoms with Crippen LogP contribution in [0.5, 0.6) is 5.75 Å². The van der Waals surface area contributed by atoms with Gasteiger partial charge in [-0.15, -0.1) is 20.4 Å². The molecule has 0 radical (unpaired) electrons. The number of phenols is 1. The molecule has 2 saturated heterocycles. The third-order valence-electron chi connectivity index (χ3n) is 5.94. The van der Waals surface area contributed by atoms with Crippen LogP contribution < -0.4 is 10.2 Å². The molecule has 2 aromatic heterocycles. The lowest BCUT2D eigenvalue weighted by Crippen LogP contribution is -2.55. The number of hydrogen-bond donors (Lipinski definition) is 2. The normalized spacial score (nSPS) is 25.9. The molecule has 29 heavy (non-hydrogen) atoms. The van der Waals surface area contributed by atoms with E-state index >= 15 is 0 Å². The van der Waals surface area contributed by atoms with Crippen molar-refractivity contribution in [2.24, 2.45) is 0 Å². The zero-order valence-corrected chi connectivity index (χ0v) is 16.7. The van der Waals surface area contributed by atoms with E-state index in [4.69, 9.17) is 0 Å². The molecule has 5 rings (SSSR count). The lowest BCUT2D eigenvalue weighted by molar-refractivity contribution is 0.176. The summed E-state index contributed by atoms with van der Waals surface area (Å²) in [5, 5.41) is 31.0. The lowest BCUT2D eigenvalue weighted by Gasteiger charge is -2.38. The third-order valence-corrected chi connectivity index (χ3v) is 6.68. The number of piperidine rings is 1. The molecule has 1 aromatic carbocycles. The van der Waals surface area contributed by atoms with E-state index in [1.54, 1.807) is 23.7 Å². The highest BCUT2D eigenvalue weighted by Crippen LogP contribution is 2.35. The topological polar surface area (TPSA) is 87.1 Å². The van der Waals surface area contributed by atoms with Crippen molar-refractivity contribution in [3.63, 3.8) is 0 Å². The Morgan fingerprint density at radius 1 is 1.17 bits per heavy atom. The number of anilines is 1. The van der Waals surface area contributed by atoms with E-state index in [-0.39, 0.29) is 17.8 Å². The minimum absolute atomic E-state index is 0.0584. The summed E-state index contributed by atoms with van der Waals surface area (Å²) >= 11 is 1.41. The van der Waals surface area contributed by atoms with Gasteiger partial charge < -0.3 is 15.3 Å². The number of aromatic nitrogens is 4. The first-order valence-corrected chi connectivity index (χ1v) is 10.5. The van der Waals surface area contributed by atoms with Crippen LogP contribution in [0.4, 0.5) is 10.2 Å². The Bertz CT molecular complexity index is 999. The number of halogens is 1. The average molecular weight is 412 g/mol. The van der Waals surface area contributed by atoms with Gasteiger partial charge in [0, 0.05) is 30.3 Å². The Morgan fingerprint density at radius 2 is 2.07 bits per heavy atom. The molecule has 4 heterocycles. The quantitative estimate of drug-likeness (QED) is 0.681. The molecule has 0 amide bonds. The summed E-state index contributed by atoms with van der Waals surface area (Å²) in [6, 6.07) is 9.08. The van der Waals surface area contributed by atoms with Crippen molar-refractivity contribution in [1.82, 2.24) is 25.7 Å². The Balaban J connectivity index is 1.36. The second-order valence-electron chi connectivity index (χ2n) is 7.66. The maximum Gasteiger partial charge on any atom is 0.151 e. The summed E-state index contributed by atoms with van der Waals surface area (Å²) in [4.78, 5) is 1.89. The molecule has 2 unspecified atom stereocenters. The highest BCUT2D eigenvalue weighted by atomic mass is 32.1. The summed E-state index contributed by atoms with van der Waals surface area (Å²) in [5.41, 5.74) is 3.60. The Morgan fingerprint density at radius 3 is 2.79 bits per heavy atom. The lowest BCUT2D eigenvalue weighted by atomic mass is 9.96. The van der Waals surface area contributed by atoms with Crippen LogP contribution in [0.25, 0.3) is 21.8 Å². The molecule has 9 heteroatoms. The predicted molar refractivity (Wildman–Crippen MR) is 110 cm³/mol. The van der Waals surface area contributed by atoms with Gasteiger partial charge in [0.1, 0.15) is 22.4 Å². The maximum absolute atomic E-state index is 14.8. The number of nitrogens with one attached hydrogen (secondary N) is 1. The van der Waals surface area contributed by atoms with Crippen LogP contribution >= 0.6 is 11.3 Å². The van der Waals surface area contributed by atoms with Crippen molar-refractivity contribution >= 4 is 17.2 Å². The van der Waals surface area contributed by atoms with Crippen LogP contribution in [0.2, 0.25) is 0 Å². The largest absolute Gasteiger partial charge is 0.507 e. The van der Waals surface area contributed by atoms with Crippen LogP contribution in [-0.4, -0.2) is 56.8 Å². The van der Waals surface area contributed by atoms with Crippen LogP contribution in [0, 0.1) is 0 Å². The van der Waals surface area contributed by atoms with Crippen molar-refractivity contribution in [3.05, 3.63) is 35.8 Å². The smallest absolute Gasteiger partial charge is 0.151 e. The number of aromatic hydroxyl groups is 1. The number of hydrogen-bond acceptors (Lipinski definition) is 8. The molecule has 7 nitrogen and oxygen atoms in total. The Hall–Kier alpha value is -2.65. The summed E-state index contributed by atoms with van der Waals surface area (Å²) in [6.45, 7) is 0. The van der Waals surface area contributed by atoms with Gasteiger partial charge in [0.2, 0.25) is 0 Å². The molecule has 0 aliphatic carbocycles. The molecule has 150 valence electrons. The molecule has 0 spiro atoms. The maximum atomic E-state index is 14.8. The van der Waals surface area contributed by atoms with Gasteiger partial charge >= 0.3 is 0 Å². The summed E-state index contributed by atoms with van der Waals surface area (Å²) in [5.74, 6) is 0.736. The number of phenolic OH excluding ortho intramolecular Hbond substituents is 1. The van der Waals surface area contributed by atoms with Gasteiger partial charge in [0.05, 0.1) is 11.7 Å². The first-order valence-electron chi connectivity index (χ1n) is 9.67. The van der Waals surface area contributed by atoms with Crippen molar-refractivity contribution in [2.45, 2.75) is 43.6 Å². The number of nitrogens with zero attached hydrogens (tertiary/aromatic N) is 5. The molecule has 3 aromatic rings. The van der Waals surface area contributed by atoms with Gasteiger partial charge in [-0.25, -0.2) is 4.39 Å². The standard InChI is InChI=1S/C20H21FN6OS/c1-27(16-9-12-3-5-15(23-12)19(16)21)18-7-6-14(24-25-18)13-4-2-11(8-17(13)28)20-26-22-10-29-20/h2,4,6-8,10,12,15-16,19,23,28H,3,5,9H2,1H3/t12?,15?,16-,19+/m1/s1. The van der Waals surface area contributed by atoms with Crippen LogP contribution in [-0.2, 0) is 0 Å². The number of alkyl halides is 1. The van der Waals surface area contributed by atoms with Gasteiger partial charge in [0.25, 0.3) is 0 Å². The van der Waals surface area contributed by atoms with Gasteiger partial charge in [0.15, 0.2) is 5.82 Å². The third kappa shape index (κ3) is 3.34. The fourth-order valence-corrected chi connectivity index (χ4v) is 4.91. The van der Waals surface area contributed by atoms with E-state index in [1.807, 2.05) is 24.1 Å². The summed E-state index contributed by atoms with van der Waals surface area (Å²) in [7, 11) is 1.88. The van der Waals surface area contributed by atoms with Crippen LogP contribution in [0.3, 0.4) is 0 Å². The van der Waals surface area contributed by atoms with Crippen molar-refractivity contribution in [2.75, 3.05) is 11.9 Å². The minimum Gasteiger partial charge on any atom is -0.507 e. The second-order valence-corrected chi connectivity index (χ2v) is 8.49. The predicted octanol–water partition coefficient (Wildman–Crippen LogP) is 3.03. The second kappa shape index (κ2) is 7.31. The van der Waals surface area contributed by atoms with Gasteiger partial charge in [-0.05, 0) is 43.5 Å². The van der Waals surface area contributed by atoms with Crippen molar-refractivity contribution in [1.29, 1.82) is 0 Å². The summed E-state index contributed by atoms with van der Waals surface area (Å²) in [6.07, 6.45) is 1.78. The molecule has 2 aliphatic heterocycles. The fourth-order valence-electron chi connectivity index (χ4n) is 4.36. The van der Waals surface area contributed by atoms with Gasteiger partial charge in [-0.2, -0.15) is 0 Å². The number of rotatable bonds is 4. The summed E-state index contributed by atoms with van der Waals surface area (Å²) < 4.78 is 14.8. The van der Waals surface area contributed by atoms with Crippen molar-refractivity contribution in [3.8, 4) is 27.6 Å². The van der Waals surface area contributed by atoms with E-state index in [2.05, 4.69) is 25.7 Å². The fraction of sp³-hybridized carbons (Fsp3) is 0.400. The zero-order valence-electron chi connectivity index (χ0n) is 15.9. The molecular weight excluding hydrogens is 391 g/mol. The van der Waals surface area contributed by atoms with Crippen LogP contribution in [0.15, 0.2) is 35.8 Å². The number of benzene rings is 1. The van der Waals surface area contributed by atoms with Gasteiger partial charge in [-0.1, -0.05) is 17.4 Å². The highest BCUT2D eigenvalue weighted by molar-refractivity contribution is 7.12. The molecule has 2 N–H and O–H groups in total. The highest BCUT2D eigenvalue weighted by Gasteiger charge is 2.43. The first kappa shape index (κ1) is 18.4. The zero-order chi connectivity index (χ0) is 20.0. The van der Waals surface area contributed by atoms with E-state index in [9.17, 15) is 9.50 Å². The Labute approximate surface area is 171 Å². The monoisotopic (exact) mass is 412 g/mol. The first-order chi connectivity index (χ1) is 14.1. The van der Waals surface area contributed by atoms with Crippen LogP contribution in [0.1, 0.15) is 19.3 Å². The van der Waals surface area contributed by atoms with E-state index in [1.165, 1.54) is 11.3 Å². The van der Waals surface area contributed by atoms with E-state index in [0.29, 0.717) is 23.1 Å². The number of fused-ring (bicyclic) bond motifs is 2. The van der Waals surface area contributed by atoms with Crippen molar-refractivity contribution < 1.29 is 9.50 Å².